The number of thiazole rings is 1. The highest BCUT2D eigenvalue weighted by atomic mass is 32.1. The van der Waals surface area contributed by atoms with Crippen LogP contribution in [0.15, 0.2) is 39.6 Å². The van der Waals surface area contributed by atoms with Gasteiger partial charge >= 0.3 is 0 Å². The van der Waals surface area contributed by atoms with E-state index in [2.05, 4.69) is 15.7 Å². The van der Waals surface area contributed by atoms with Gasteiger partial charge in [-0.3, -0.25) is 4.79 Å². The number of hydrogen-bond donors (Lipinski definition) is 2. The first-order chi connectivity index (χ1) is 12.7. The van der Waals surface area contributed by atoms with Gasteiger partial charge in [0.25, 0.3) is 5.91 Å². The number of carbonyl (C=O) groups is 1. The highest BCUT2D eigenvalue weighted by molar-refractivity contribution is 7.17. The quantitative estimate of drug-likeness (QED) is 0.683. The van der Waals surface area contributed by atoms with Crippen LogP contribution in [-0.2, 0) is 0 Å². The molecule has 3 aromatic rings. The number of aryl methyl sites for hydroxylation is 1. The van der Waals surface area contributed by atoms with Crippen molar-refractivity contribution in [3.63, 3.8) is 0 Å². The van der Waals surface area contributed by atoms with Crippen molar-refractivity contribution in [2.45, 2.75) is 25.8 Å². The number of thiophene rings is 1. The molecule has 0 aromatic carbocycles. The Kier molecular flexibility index (Phi) is 5.19. The predicted octanol–water partition coefficient (Wildman–Crippen LogP) is 2.92. The molecule has 1 aliphatic rings. The lowest BCUT2D eigenvalue weighted by Gasteiger charge is -2.23. The lowest BCUT2D eigenvalue weighted by atomic mass is 10.2. The molecular formula is C19H22N3O2S2+. The van der Waals surface area contributed by atoms with Crippen LogP contribution >= 0.6 is 22.7 Å². The van der Waals surface area contributed by atoms with Gasteiger partial charge in [0.05, 0.1) is 31.6 Å². The fraction of sp³-hybridized carbons (Fsp3) is 0.368. The third-order valence-corrected chi connectivity index (χ3v) is 6.75. The Bertz CT molecular complexity index is 850. The molecule has 7 heteroatoms. The molecule has 3 aromatic heterocycles. The normalized spacial score (nSPS) is 16.0. The van der Waals surface area contributed by atoms with E-state index in [1.165, 1.54) is 29.1 Å². The smallest absolute Gasteiger partial charge is 0.263 e. The van der Waals surface area contributed by atoms with Gasteiger partial charge < -0.3 is 14.6 Å². The molecule has 1 amide bonds. The van der Waals surface area contributed by atoms with Crippen LogP contribution in [0.2, 0.25) is 0 Å². The third kappa shape index (κ3) is 3.60. The molecule has 136 valence electrons. The molecule has 2 N–H and O–H groups in total. The maximum atomic E-state index is 12.8. The lowest BCUT2D eigenvalue weighted by Crippen LogP contribution is -3.11. The van der Waals surface area contributed by atoms with Crippen molar-refractivity contribution in [3.05, 3.63) is 51.6 Å². The number of aromatic nitrogens is 1. The zero-order valence-electron chi connectivity index (χ0n) is 14.7. The Labute approximate surface area is 160 Å². The number of nitrogens with zero attached hydrogens (tertiary/aromatic N) is 1. The van der Waals surface area contributed by atoms with Crippen molar-refractivity contribution in [1.29, 1.82) is 0 Å². The summed E-state index contributed by atoms with van der Waals surface area (Å²) < 4.78 is 5.64. The second-order valence-electron chi connectivity index (χ2n) is 6.59. The van der Waals surface area contributed by atoms with Gasteiger partial charge in [0.15, 0.2) is 11.8 Å². The molecule has 1 atom stereocenters. The fourth-order valence-electron chi connectivity index (χ4n) is 3.51. The molecule has 4 rings (SSSR count). The summed E-state index contributed by atoms with van der Waals surface area (Å²) in [6.07, 6.45) is 4.18. The van der Waals surface area contributed by atoms with Gasteiger partial charge in [-0.25, -0.2) is 4.98 Å². The number of furan rings is 1. The minimum atomic E-state index is -0.0448. The van der Waals surface area contributed by atoms with Crippen LogP contribution in [0.1, 0.15) is 40.0 Å². The monoisotopic (exact) mass is 388 g/mol. The highest BCUT2D eigenvalue weighted by Crippen LogP contribution is 2.29. The second-order valence-corrected chi connectivity index (χ2v) is 8.37. The van der Waals surface area contributed by atoms with Crippen LogP contribution in [0.5, 0.6) is 0 Å². The minimum absolute atomic E-state index is 0.0448. The van der Waals surface area contributed by atoms with E-state index in [4.69, 9.17) is 4.42 Å². The number of likely N-dealkylation sites (tertiary alicyclic amines) is 1. The van der Waals surface area contributed by atoms with Crippen LogP contribution < -0.4 is 10.2 Å². The van der Waals surface area contributed by atoms with Crippen molar-refractivity contribution >= 4 is 28.6 Å². The molecule has 1 saturated heterocycles. The first kappa shape index (κ1) is 17.5. The molecule has 26 heavy (non-hydrogen) atoms. The average Bonchev–Trinajstić information content (AvgIpc) is 3.42. The number of hydrogen-bond acceptors (Lipinski definition) is 5. The molecule has 0 unspecified atom stereocenters. The Balaban J connectivity index is 1.47. The fourth-order valence-corrected chi connectivity index (χ4v) is 5.20. The van der Waals surface area contributed by atoms with E-state index in [0.29, 0.717) is 11.4 Å². The molecule has 4 heterocycles. The number of rotatable bonds is 6. The minimum Gasteiger partial charge on any atom is -0.463 e. The number of nitrogens with one attached hydrogen (secondary N) is 2. The molecule has 5 nitrogen and oxygen atoms in total. The molecule has 1 aliphatic heterocycles. The number of amides is 1. The summed E-state index contributed by atoms with van der Waals surface area (Å²) in [5, 5.41) is 8.11. The zero-order valence-corrected chi connectivity index (χ0v) is 16.3. The molecule has 0 spiro atoms. The van der Waals surface area contributed by atoms with E-state index in [0.717, 1.165) is 35.1 Å². The zero-order chi connectivity index (χ0) is 17.9. The largest absolute Gasteiger partial charge is 0.463 e. The van der Waals surface area contributed by atoms with Gasteiger partial charge in [-0.05, 0) is 30.5 Å². The van der Waals surface area contributed by atoms with Gasteiger partial charge in [-0.15, -0.1) is 11.3 Å². The van der Waals surface area contributed by atoms with Gasteiger partial charge in [0.2, 0.25) is 0 Å². The number of quaternary nitrogens is 1. The van der Waals surface area contributed by atoms with Crippen LogP contribution in [0, 0.1) is 6.92 Å². The Morgan fingerprint density at radius 1 is 1.38 bits per heavy atom. The maximum absolute atomic E-state index is 12.8. The van der Waals surface area contributed by atoms with E-state index in [1.807, 2.05) is 30.5 Å². The summed E-state index contributed by atoms with van der Waals surface area (Å²) >= 11 is 3.10. The van der Waals surface area contributed by atoms with Crippen molar-refractivity contribution in [2.75, 3.05) is 19.6 Å². The standard InChI is InChI=1S/C19H21N3O2S2/c1-13-17(26-19(21-13)14-6-10-25-12-14)18(23)20-11-15(16-5-4-9-24-16)22-7-2-3-8-22/h4-6,9-10,12,15H,2-3,7-8,11H2,1H3,(H,20,23)/p+1/t15-/m1/s1. The van der Waals surface area contributed by atoms with Crippen LogP contribution in [-0.4, -0.2) is 30.5 Å². The van der Waals surface area contributed by atoms with Crippen molar-refractivity contribution < 1.29 is 14.1 Å². The lowest BCUT2D eigenvalue weighted by molar-refractivity contribution is -0.919. The molecule has 0 saturated carbocycles. The maximum Gasteiger partial charge on any atom is 0.263 e. The van der Waals surface area contributed by atoms with Crippen LogP contribution in [0.3, 0.4) is 0 Å². The summed E-state index contributed by atoms with van der Waals surface area (Å²) in [6.45, 7) is 4.73. The summed E-state index contributed by atoms with van der Waals surface area (Å²) in [5.74, 6) is 0.902. The van der Waals surface area contributed by atoms with Gasteiger partial charge in [0.1, 0.15) is 9.88 Å². The Hall–Kier alpha value is -1.96. The van der Waals surface area contributed by atoms with Crippen molar-refractivity contribution in [3.8, 4) is 10.6 Å². The van der Waals surface area contributed by atoms with Crippen LogP contribution in [0.4, 0.5) is 0 Å². The first-order valence-corrected chi connectivity index (χ1v) is 10.6. The first-order valence-electron chi connectivity index (χ1n) is 8.88. The Morgan fingerprint density at radius 2 is 2.23 bits per heavy atom. The molecule has 0 radical (unpaired) electrons. The molecule has 0 aliphatic carbocycles. The number of carbonyl (C=O) groups excluding carboxylic acids is 1. The SMILES string of the molecule is Cc1nc(-c2ccsc2)sc1C(=O)NC[C@H](c1ccco1)[NH+]1CCCC1. The predicted molar refractivity (Wildman–Crippen MR) is 104 cm³/mol. The second kappa shape index (κ2) is 7.73. The van der Waals surface area contributed by atoms with E-state index in [9.17, 15) is 4.79 Å². The van der Waals surface area contributed by atoms with Gasteiger partial charge in [-0.1, -0.05) is 0 Å². The third-order valence-electron chi connectivity index (χ3n) is 4.86. The molecule has 1 fully saturated rings. The van der Waals surface area contributed by atoms with Crippen molar-refractivity contribution in [1.82, 2.24) is 10.3 Å². The van der Waals surface area contributed by atoms with E-state index < -0.39 is 0 Å². The van der Waals surface area contributed by atoms with E-state index >= 15 is 0 Å². The van der Waals surface area contributed by atoms with Gasteiger partial charge in [-0.2, -0.15) is 11.3 Å². The molecular weight excluding hydrogens is 366 g/mol. The van der Waals surface area contributed by atoms with Crippen molar-refractivity contribution in [2.24, 2.45) is 0 Å². The van der Waals surface area contributed by atoms with Gasteiger partial charge in [0, 0.05) is 23.8 Å². The summed E-state index contributed by atoms with van der Waals surface area (Å²) in [7, 11) is 0. The van der Waals surface area contributed by atoms with E-state index in [1.54, 1.807) is 17.6 Å². The molecule has 0 bridgehead atoms. The topological polar surface area (TPSA) is 59.6 Å². The Morgan fingerprint density at radius 3 is 2.92 bits per heavy atom. The summed E-state index contributed by atoms with van der Waals surface area (Å²) in [5.41, 5.74) is 1.87. The summed E-state index contributed by atoms with van der Waals surface area (Å²) in [4.78, 5) is 19.5. The summed E-state index contributed by atoms with van der Waals surface area (Å²) in [6, 6.07) is 6.13. The highest BCUT2D eigenvalue weighted by Gasteiger charge is 2.30. The van der Waals surface area contributed by atoms with Crippen LogP contribution in [0.25, 0.3) is 10.6 Å². The van der Waals surface area contributed by atoms with E-state index in [-0.39, 0.29) is 11.9 Å². The average molecular weight is 389 g/mol.